The second-order valence-corrected chi connectivity index (χ2v) is 9.79. The summed E-state index contributed by atoms with van der Waals surface area (Å²) in [7, 11) is -2.33. The Morgan fingerprint density at radius 3 is 2.34 bits per heavy atom. The molecule has 4 rings (SSSR count). The van der Waals surface area contributed by atoms with Crippen molar-refractivity contribution < 1.29 is 17.5 Å². The van der Waals surface area contributed by atoms with Crippen LogP contribution in [0.25, 0.3) is 11.1 Å². The molecular weight excluding hydrogens is 427 g/mol. The summed E-state index contributed by atoms with van der Waals surface area (Å²) < 4.78 is 48.0. The van der Waals surface area contributed by atoms with Crippen molar-refractivity contribution in [3.05, 3.63) is 78.6 Å². The van der Waals surface area contributed by atoms with E-state index < -0.39 is 15.8 Å². The molecule has 0 radical (unpaired) electrons. The van der Waals surface area contributed by atoms with Gasteiger partial charge in [0.1, 0.15) is 11.6 Å². The van der Waals surface area contributed by atoms with Gasteiger partial charge in [-0.15, -0.1) is 0 Å². The predicted octanol–water partition coefficient (Wildman–Crippen LogP) is 4.70. The van der Waals surface area contributed by atoms with Gasteiger partial charge in [0.2, 0.25) is 0 Å². The molecule has 1 aliphatic heterocycles. The second-order valence-electron chi connectivity index (χ2n) is 7.93. The fraction of sp³-hybridized carbons (Fsp3) is 0.280. The van der Waals surface area contributed by atoms with Gasteiger partial charge in [-0.2, -0.15) is 0 Å². The first-order valence-corrected chi connectivity index (χ1v) is 12.2. The highest BCUT2D eigenvalue weighted by molar-refractivity contribution is 7.92. The van der Waals surface area contributed by atoms with Crippen LogP contribution >= 0.6 is 0 Å². The second kappa shape index (κ2) is 9.71. The largest absolute Gasteiger partial charge is 0.497 e. The van der Waals surface area contributed by atoms with E-state index in [-0.39, 0.29) is 10.8 Å². The quantitative estimate of drug-likeness (QED) is 0.562. The Morgan fingerprint density at radius 2 is 1.69 bits per heavy atom. The maximum Gasteiger partial charge on any atom is 0.264 e. The zero-order valence-electron chi connectivity index (χ0n) is 18.0. The van der Waals surface area contributed by atoms with Gasteiger partial charge < -0.3 is 10.1 Å². The van der Waals surface area contributed by atoms with Crippen molar-refractivity contribution in [2.24, 2.45) is 5.92 Å². The molecule has 5 nitrogen and oxygen atoms in total. The first kappa shape index (κ1) is 22.3. The smallest absolute Gasteiger partial charge is 0.264 e. The molecule has 0 aliphatic carbocycles. The number of nitrogens with one attached hydrogen (secondary N) is 1. The fourth-order valence-corrected chi connectivity index (χ4v) is 5.63. The highest BCUT2D eigenvalue weighted by atomic mass is 32.2. The van der Waals surface area contributed by atoms with Crippen molar-refractivity contribution >= 4 is 15.7 Å². The standard InChI is InChI=1S/C25H27FN2O3S/c1-31-22-9-12-25(24(17-22)20-5-3-2-4-6-20)28(18-19-13-15-27-16-14-19)32(29,30)23-10-7-21(26)8-11-23/h2-12,17,19,27H,13-16,18H2,1H3. The number of benzene rings is 3. The van der Waals surface area contributed by atoms with Gasteiger partial charge >= 0.3 is 0 Å². The molecule has 32 heavy (non-hydrogen) atoms. The number of nitrogens with zero attached hydrogens (tertiary/aromatic N) is 1. The molecule has 0 amide bonds. The minimum absolute atomic E-state index is 0.0719. The average molecular weight is 455 g/mol. The summed E-state index contributed by atoms with van der Waals surface area (Å²) in [5.74, 6) is 0.397. The molecule has 3 aromatic rings. The SMILES string of the molecule is COc1ccc(N(CC2CCNCC2)S(=O)(=O)c2ccc(F)cc2)c(-c2ccccc2)c1. The first-order valence-electron chi connectivity index (χ1n) is 10.7. The summed E-state index contributed by atoms with van der Waals surface area (Å²) >= 11 is 0. The summed E-state index contributed by atoms with van der Waals surface area (Å²) in [6, 6.07) is 20.1. The molecule has 3 aromatic carbocycles. The lowest BCUT2D eigenvalue weighted by Gasteiger charge is -2.32. The molecule has 1 fully saturated rings. The molecule has 1 heterocycles. The maximum atomic E-state index is 13.8. The van der Waals surface area contributed by atoms with Gasteiger partial charge in [-0.1, -0.05) is 30.3 Å². The molecule has 1 saturated heterocycles. The van der Waals surface area contributed by atoms with Crippen LogP contribution in [0.2, 0.25) is 0 Å². The van der Waals surface area contributed by atoms with E-state index >= 15 is 0 Å². The number of halogens is 1. The van der Waals surface area contributed by atoms with Crippen LogP contribution in [0.4, 0.5) is 10.1 Å². The minimum Gasteiger partial charge on any atom is -0.497 e. The Labute approximate surface area is 188 Å². The normalized spacial score (nSPS) is 14.8. The Balaban J connectivity index is 1.85. The van der Waals surface area contributed by atoms with E-state index in [4.69, 9.17) is 4.74 Å². The van der Waals surface area contributed by atoms with Crippen LogP contribution < -0.4 is 14.4 Å². The highest BCUT2D eigenvalue weighted by Crippen LogP contribution is 2.38. The summed E-state index contributed by atoms with van der Waals surface area (Å²) in [6.45, 7) is 2.08. The molecule has 1 aliphatic rings. The van der Waals surface area contributed by atoms with Gasteiger partial charge in [-0.3, -0.25) is 4.31 Å². The first-order chi connectivity index (χ1) is 15.5. The zero-order valence-corrected chi connectivity index (χ0v) is 18.8. The van der Waals surface area contributed by atoms with Crippen LogP contribution in [-0.2, 0) is 10.0 Å². The van der Waals surface area contributed by atoms with Gasteiger partial charge in [-0.05, 0) is 79.9 Å². The van der Waals surface area contributed by atoms with Crippen molar-refractivity contribution in [2.45, 2.75) is 17.7 Å². The third-order valence-corrected chi connectivity index (χ3v) is 7.64. The third kappa shape index (κ3) is 4.79. The van der Waals surface area contributed by atoms with Crippen LogP contribution in [0.1, 0.15) is 12.8 Å². The fourth-order valence-electron chi connectivity index (χ4n) is 4.07. The molecule has 0 unspecified atom stereocenters. The van der Waals surface area contributed by atoms with Crippen LogP contribution in [0.5, 0.6) is 5.75 Å². The van der Waals surface area contributed by atoms with Gasteiger partial charge in [0.05, 0.1) is 17.7 Å². The maximum absolute atomic E-state index is 13.8. The van der Waals surface area contributed by atoms with Gasteiger partial charge in [0.15, 0.2) is 0 Å². The number of sulfonamides is 1. The Morgan fingerprint density at radius 1 is 1.00 bits per heavy atom. The van der Waals surface area contributed by atoms with E-state index in [1.165, 1.54) is 28.6 Å². The topological polar surface area (TPSA) is 58.6 Å². The van der Waals surface area contributed by atoms with Crippen LogP contribution in [-0.4, -0.2) is 35.2 Å². The van der Waals surface area contributed by atoms with Gasteiger partial charge in [-0.25, -0.2) is 12.8 Å². The van der Waals surface area contributed by atoms with Crippen molar-refractivity contribution in [2.75, 3.05) is 31.0 Å². The van der Waals surface area contributed by atoms with E-state index in [0.29, 0.717) is 18.0 Å². The van der Waals surface area contributed by atoms with Crippen molar-refractivity contribution in [3.8, 4) is 16.9 Å². The number of hydrogen-bond acceptors (Lipinski definition) is 4. The van der Waals surface area contributed by atoms with E-state index in [9.17, 15) is 12.8 Å². The number of rotatable bonds is 7. The minimum atomic E-state index is -3.91. The van der Waals surface area contributed by atoms with Crippen molar-refractivity contribution in [3.63, 3.8) is 0 Å². The third-order valence-electron chi connectivity index (χ3n) is 5.84. The van der Waals surface area contributed by atoms with E-state index in [0.717, 1.165) is 37.1 Å². The van der Waals surface area contributed by atoms with Crippen molar-refractivity contribution in [1.82, 2.24) is 5.32 Å². The summed E-state index contributed by atoms with van der Waals surface area (Å²) in [4.78, 5) is 0.0719. The average Bonchev–Trinajstić information content (AvgIpc) is 2.83. The lowest BCUT2D eigenvalue weighted by Crippen LogP contribution is -2.39. The molecule has 7 heteroatoms. The molecule has 0 spiro atoms. The monoisotopic (exact) mass is 454 g/mol. The van der Waals surface area contributed by atoms with Gasteiger partial charge in [0.25, 0.3) is 10.0 Å². The summed E-state index contributed by atoms with van der Waals surface area (Å²) in [6.07, 6.45) is 1.79. The molecule has 168 valence electrons. The van der Waals surface area contributed by atoms with Crippen LogP contribution in [0, 0.1) is 11.7 Å². The van der Waals surface area contributed by atoms with Crippen LogP contribution in [0.3, 0.4) is 0 Å². The molecule has 0 saturated carbocycles. The molecular formula is C25H27FN2O3S. The Bertz CT molecular complexity index is 1150. The number of ether oxygens (including phenoxy) is 1. The molecule has 0 bridgehead atoms. The van der Waals surface area contributed by atoms with E-state index in [1.54, 1.807) is 19.2 Å². The zero-order chi connectivity index (χ0) is 22.6. The van der Waals surface area contributed by atoms with Crippen molar-refractivity contribution in [1.29, 1.82) is 0 Å². The Kier molecular flexibility index (Phi) is 6.77. The number of hydrogen-bond donors (Lipinski definition) is 1. The number of methoxy groups -OCH3 is 1. The van der Waals surface area contributed by atoms with E-state index in [2.05, 4.69) is 5.32 Å². The van der Waals surface area contributed by atoms with E-state index in [1.807, 2.05) is 36.4 Å². The number of anilines is 1. The Hall–Kier alpha value is -2.90. The summed E-state index contributed by atoms with van der Waals surface area (Å²) in [5, 5.41) is 3.33. The highest BCUT2D eigenvalue weighted by Gasteiger charge is 2.30. The summed E-state index contributed by atoms with van der Waals surface area (Å²) in [5.41, 5.74) is 2.25. The molecule has 1 N–H and O–H groups in total. The van der Waals surface area contributed by atoms with Crippen LogP contribution in [0.15, 0.2) is 77.7 Å². The predicted molar refractivity (Wildman–Crippen MR) is 125 cm³/mol. The lowest BCUT2D eigenvalue weighted by molar-refractivity contribution is 0.382. The molecule has 0 aromatic heterocycles. The van der Waals surface area contributed by atoms with Gasteiger partial charge in [0, 0.05) is 12.1 Å². The molecule has 0 atom stereocenters. The number of piperidine rings is 1. The lowest BCUT2D eigenvalue weighted by atomic mass is 9.97.